The van der Waals surface area contributed by atoms with Crippen molar-refractivity contribution in [3.8, 4) is 12.5 Å². The predicted molar refractivity (Wildman–Crippen MR) is 66.7 cm³/mol. The monoisotopic (exact) mass is 241 g/mol. The summed E-state index contributed by atoms with van der Waals surface area (Å²) in [5.41, 5.74) is 0. The highest BCUT2D eigenvalue weighted by atomic mass is 16.5. The van der Waals surface area contributed by atoms with Crippen molar-refractivity contribution in [3.63, 3.8) is 0 Å². The fourth-order valence-electron chi connectivity index (χ4n) is 1.86. The van der Waals surface area contributed by atoms with Gasteiger partial charge in [-0.05, 0) is 25.9 Å². The van der Waals surface area contributed by atoms with Gasteiger partial charge in [0.15, 0.2) is 0 Å². The highest BCUT2D eigenvalue weighted by Gasteiger charge is 2.08. The Morgan fingerprint density at radius 1 is 0.882 bits per heavy atom. The predicted octanol–water partition coefficient (Wildman–Crippen LogP) is 1.11. The Morgan fingerprint density at radius 3 is 2.24 bits per heavy atom. The van der Waals surface area contributed by atoms with Gasteiger partial charge >= 0.3 is 0 Å². The molecule has 0 aromatic heterocycles. The van der Waals surface area contributed by atoms with Gasteiger partial charge in [-0.25, -0.2) is 0 Å². The van der Waals surface area contributed by atoms with Gasteiger partial charge in [0.2, 0.25) is 0 Å². The van der Waals surface area contributed by atoms with Crippen LogP contribution in [0, 0.1) is 12.5 Å². The van der Waals surface area contributed by atoms with Crippen LogP contribution in [0.15, 0.2) is 0 Å². The van der Waals surface area contributed by atoms with Crippen molar-refractivity contribution in [2.24, 2.45) is 0 Å². The summed E-state index contributed by atoms with van der Waals surface area (Å²) in [5, 5.41) is 0. The molecule has 17 heavy (non-hydrogen) atoms. The third kappa shape index (κ3) is 8.03. The van der Waals surface area contributed by atoms with Gasteiger partial charge in [-0.15, -0.1) is 0 Å². The Morgan fingerprint density at radius 2 is 1.53 bits per heavy atom. The fourth-order valence-corrected chi connectivity index (χ4v) is 1.86. The molecular formula is C13H23NO3. The van der Waals surface area contributed by atoms with Crippen molar-refractivity contribution in [2.75, 3.05) is 52.7 Å². The van der Waals surface area contributed by atoms with Gasteiger partial charge in [0.1, 0.15) is 12.7 Å². The van der Waals surface area contributed by atoms with Gasteiger partial charge in [0.05, 0.1) is 26.4 Å². The van der Waals surface area contributed by atoms with E-state index in [0.717, 1.165) is 13.2 Å². The zero-order valence-electron chi connectivity index (χ0n) is 10.5. The molecule has 1 fully saturated rings. The number of likely N-dealkylation sites (tertiary alicyclic amines) is 1. The molecule has 0 aromatic rings. The van der Waals surface area contributed by atoms with Crippen LogP contribution in [0.1, 0.15) is 19.3 Å². The van der Waals surface area contributed by atoms with Gasteiger partial charge in [-0.3, -0.25) is 0 Å². The summed E-state index contributed by atoms with van der Waals surface area (Å²) in [7, 11) is 0. The smallest absolute Gasteiger partial charge is 0.123 e. The molecule has 0 amide bonds. The van der Waals surface area contributed by atoms with E-state index in [1.54, 1.807) is 0 Å². The number of piperidine rings is 1. The number of terminal acetylenes is 1. The molecule has 4 heteroatoms. The van der Waals surface area contributed by atoms with Crippen LogP contribution in [-0.2, 0) is 14.2 Å². The minimum absolute atomic E-state index is 0.449. The van der Waals surface area contributed by atoms with Gasteiger partial charge < -0.3 is 19.1 Å². The highest BCUT2D eigenvalue weighted by Crippen LogP contribution is 2.07. The molecule has 0 N–H and O–H groups in total. The van der Waals surface area contributed by atoms with Crippen molar-refractivity contribution in [1.29, 1.82) is 0 Å². The lowest BCUT2D eigenvalue weighted by Crippen LogP contribution is -2.32. The largest absolute Gasteiger partial charge is 0.444 e. The molecule has 1 saturated heterocycles. The van der Waals surface area contributed by atoms with E-state index in [0.29, 0.717) is 26.4 Å². The van der Waals surface area contributed by atoms with Crippen molar-refractivity contribution in [3.05, 3.63) is 0 Å². The summed E-state index contributed by atoms with van der Waals surface area (Å²) in [5.74, 6) is 0. The standard InChI is InChI=1S/C13H23NO3/c1-2-15-10-11-17-13-12-16-9-8-14-6-4-3-5-7-14/h1H,3-13H2. The first-order valence-electron chi connectivity index (χ1n) is 6.38. The molecule has 1 aliphatic heterocycles. The van der Waals surface area contributed by atoms with Crippen LogP contribution in [0.4, 0.5) is 0 Å². The van der Waals surface area contributed by atoms with E-state index in [2.05, 4.69) is 11.0 Å². The normalized spacial score (nSPS) is 16.6. The first kappa shape index (κ1) is 14.3. The van der Waals surface area contributed by atoms with E-state index in [-0.39, 0.29) is 0 Å². The SMILES string of the molecule is C#COCCOCCOCCN1CCCCC1. The molecule has 0 radical (unpaired) electrons. The molecule has 0 atom stereocenters. The minimum atomic E-state index is 0.449. The lowest BCUT2D eigenvalue weighted by molar-refractivity contribution is 0.0250. The summed E-state index contributed by atoms with van der Waals surface area (Å²) in [6.45, 7) is 6.51. The Kier molecular flexibility index (Phi) is 8.75. The maximum atomic E-state index is 5.50. The Bertz CT molecular complexity index is 209. The van der Waals surface area contributed by atoms with Gasteiger partial charge in [0.25, 0.3) is 0 Å². The molecule has 0 saturated carbocycles. The highest BCUT2D eigenvalue weighted by molar-refractivity contribution is 4.67. The van der Waals surface area contributed by atoms with E-state index < -0.39 is 0 Å². The summed E-state index contributed by atoms with van der Waals surface area (Å²) in [6, 6.07) is 0. The zero-order chi connectivity index (χ0) is 12.2. The molecule has 0 bridgehead atoms. The van der Waals surface area contributed by atoms with Crippen LogP contribution in [-0.4, -0.2) is 57.6 Å². The van der Waals surface area contributed by atoms with E-state index in [4.69, 9.17) is 20.6 Å². The topological polar surface area (TPSA) is 30.9 Å². The Balaban J connectivity index is 1.76. The zero-order valence-corrected chi connectivity index (χ0v) is 10.5. The maximum Gasteiger partial charge on any atom is 0.123 e. The number of nitrogens with zero attached hydrogens (tertiary/aromatic N) is 1. The van der Waals surface area contributed by atoms with Gasteiger partial charge in [0, 0.05) is 6.54 Å². The van der Waals surface area contributed by atoms with Gasteiger partial charge in [-0.1, -0.05) is 12.8 Å². The molecule has 0 aromatic carbocycles. The van der Waals surface area contributed by atoms with E-state index in [1.807, 2.05) is 0 Å². The minimum Gasteiger partial charge on any atom is -0.444 e. The summed E-state index contributed by atoms with van der Waals surface area (Å²) in [6.07, 6.45) is 11.1. The fraction of sp³-hybridized carbons (Fsp3) is 0.846. The van der Waals surface area contributed by atoms with Crippen molar-refractivity contribution in [2.45, 2.75) is 19.3 Å². The number of hydrogen-bond acceptors (Lipinski definition) is 4. The number of hydrogen-bond donors (Lipinski definition) is 0. The van der Waals surface area contributed by atoms with Crippen molar-refractivity contribution >= 4 is 0 Å². The maximum absolute atomic E-state index is 5.50. The molecule has 1 aliphatic rings. The van der Waals surface area contributed by atoms with Gasteiger partial charge in [-0.2, -0.15) is 0 Å². The molecular weight excluding hydrogens is 218 g/mol. The van der Waals surface area contributed by atoms with Crippen molar-refractivity contribution in [1.82, 2.24) is 4.90 Å². The Labute approximate surface area is 104 Å². The molecule has 0 aliphatic carbocycles. The van der Waals surface area contributed by atoms with Crippen LogP contribution in [0.2, 0.25) is 0 Å². The molecule has 1 rings (SSSR count). The average Bonchev–Trinajstić information content (AvgIpc) is 2.38. The average molecular weight is 241 g/mol. The third-order valence-electron chi connectivity index (χ3n) is 2.79. The second-order valence-electron chi connectivity index (χ2n) is 4.09. The molecule has 0 unspecified atom stereocenters. The molecule has 98 valence electrons. The van der Waals surface area contributed by atoms with E-state index in [1.165, 1.54) is 32.4 Å². The third-order valence-corrected chi connectivity index (χ3v) is 2.79. The molecule has 1 heterocycles. The first-order chi connectivity index (χ1) is 8.43. The Hall–Kier alpha value is -0.760. The second-order valence-corrected chi connectivity index (χ2v) is 4.09. The summed E-state index contributed by atoms with van der Waals surface area (Å²) >= 11 is 0. The van der Waals surface area contributed by atoms with Crippen LogP contribution in [0.25, 0.3) is 0 Å². The van der Waals surface area contributed by atoms with E-state index >= 15 is 0 Å². The molecule has 4 nitrogen and oxygen atoms in total. The first-order valence-corrected chi connectivity index (χ1v) is 6.38. The lowest BCUT2D eigenvalue weighted by Gasteiger charge is -2.26. The summed E-state index contributed by atoms with van der Waals surface area (Å²) in [4.78, 5) is 2.46. The number of ether oxygens (including phenoxy) is 3. The van der Waals surface area contributed by atoms with E-state index in [9.17, 15) is 0 Å². The van der Waals surface area contributed by atoms with Crippen LogP contribution in [0.3, 0.4) is 0 Å². The quantitative estimate of drug-likeness (QED) is 0.447. The second kappa shape index (κ2) is 10.4. The van der Waals surface area contributed by atoms with Crippen LogP contribution >= 0.6 is 0 Å². The van der Waals surface area contributed by atoms with Crippen molar-refractivity contribution < 1.29 is 14.2 Å². The van der Waals surface area contributed by atoms with Crippen LogP contribution in [0.5, 0.6) is 0 Å². The van der Waals surface area contributed by atoms with Crippen LogP contribution < -0.4 is 0 Å². The summed E-state index contributed by atoms with van der Waals surface area (Å²) < 4.78 is 15.5. The lowest BCUT2D eigenvalue weighted by atomic mass is 10.1. The molecule has 0 spiro atoms. The number of rotatable bonds is 9.